The molecule has 0 aromatic heterocycles. The van der Waals surface area contributed by atoms with Gasteiger partial charge < -0.3 is 9.16 Å². The highest BCUT2D eigenvalue weighted by atomic mass is 28.4. The van der Waals surface area contributed by atoms with Crippen LogP contribution in [0.15, 0.2) is 30.3 Å². The molecule has 0 spiro atoms. The highest BCUT2D eigenvalue weighted by Gasteiger charge is 2.41. The van der Waals surface area contributed by atoms with Gasteiger partial charge in [0.2, 0.25) is 0 Å². The molecule has 0 aliphatic heterocycles. The van der Waals surface area contributed by atoms with Crippen molar-refractivity contribution < 1.29 is 9.16 Å². The van der Waals surface area contributed by atoms with E-state index in [2.05, 4.69) is 98.8 Å². The number of rotatable bonds is 4. The van der Waals surface area contributed by atoms with Crippen LogP contribution in [0.1, 0.15) is 58.2 Å². The minimum Gasteiger partial charge on any atom is -0.543 e. The predicted molar refractivity (Wildman–Crippen MR) is 124 cm³/mol. The Morgan fingerprint density at radius 1 is 0.893 bits per heavy atom. The van der Waals surface area contributed by atoms with Crippen LogP contribution in [0.25, 0.3) is 11.1 Å². The summed E-state index contributed by atoms with van der Waals surface area (Å²) in [4.78, 5) is 0. The standard InChI is InChI=1S/C25H38O2Si/c1-17-14-12-13-15-19(17)22-18(2)21(26-9)16-20(24(3,4)5)23(22)27-28(10,11)25(6,7)8/h12-16H,1-11H3. The maximum atomic E-state index is 7.03. The molecular weight excluding hydrogens is 360 g/mol. The second-order valence-electron chi connectivity index (χ2n) is 10.4. The lowest BCUT2D eigenvalue weighted by molar-refractivity contribution is 0.406. The zero-order valence-corrected chi connectivity index (χ0v) is 20.7. The maximum absolute atomic E-state index is 7.03. The maximum Gasteiger partial charge on any atom is 0.250 e. The number of benzene rings is 2. The molecule has 0 saturated heterocycles. The molecule has 0 unspecified atom stereocenters. The van der Waals surface area contributed by atoms with Gasteiger partial charge in [0.15, 0.2) is 0 Å². The van der Waals surface area contributed by atoms with Crippen molar-refractivity contribution in [2.45, 2.75) is 78.9 Å². The minimum absolute atomic E-state index is 0.0594. The third-order valence-corrected chi connectivity index (χ3v) is 10.4. The van der Waals surface area contributed by atoms with Crippen LogP contribution in [0, 0.1) is 13.8 Å². The Morgan fingerprint density at radius 2 is 1.46 bits per heavy atom. The molecule has 2 rings (SSSR count). The molecule has 0 bridgehead atoms. The largest absolute Gasteiger partial charge is 0.543 e. The average molecular weight is 399 g/mol. The van der Waals surface area contributed by atoms with Gasteiger partial charge in [-0.2, -0.15) is 0 Å². The van der Waals surface area contributed by atoms with Crippen molar-refractivity contribution in [3.63, 3.8) is 0 Å². The Kier molecular flexibility index (Phi) is 6.11. The summed E-state index contributed by atoms with van der Waals surface area (Å²) < 4.78 is 12.8. The molecular formula is C25H38O2Si. The third kappa shape index (κ3) is 4.30. The van der Waals surface area contributed by atoms with E-state index < -0.39 is 8.32 Å². The van der Waals surface area contributed by atoms with Gasteiger partial charge in [-0.15, -0.1) is 0 Å². The first-order valence-electron chi connectivity index (χ1n) is 10.2. The van der Waals surface area contributed by atoms with E-state index in [4.69, 9.17) is 9.16 Å². The Balaban J connectivity index is 2.94. The molecule has 0 radical (unpaired) electrons. The summed E-state index contributed by atoms with van der Waals surface area (Å²) in [6, 6.07) is 10.7. The first kappa shape index (κ1) is 22.5. The molecule has 0 fully saturated rings. The summed E-state index contributed by atoms with van der Waals surface area (Å²) in [5, 5.41) is 0.124. The molecule has 154 valence electrons. The van der Waals surface area contributed by atoms with E-state index >= 15 is 0 Å². The van der Waals surface area contributed by atoms with E-state index in [1.54, 1.807) is 7.11 Å². The van der Waals surface area contributed by atoms with Crippen molar-refractivity contribution in [1.29, 1.82) is 0 Å². The molecule has 2 aromatic rings. The van der Waals surface area contributed by atoms with Gasteiger partial charge in [0.25, 0.3) is 8.32 Å². The summed E-state index contributed by atoms with van der Waals surface area (Å²) >= 11 is 0. The topological polar surface area (TPSA) is 18.5 Å². The minimum atomic E-state index is -2.03. The van der Waals surface area contributed by atoms with Crippen LogP contribution < -0.4 is 9.16 Å². The summed E-state index contributed by atoms with van der Waals surface area (Å²) in [7, 11) is -0.274. The van der Waals surface area contributed by atoms with Crippen molar-refractivity contribution in [2.24, 2.45) is 0 Å². The van der Waals surface area contributed by atoms with E-state index in [0.29, 0.717) is 0 Å². The Bertz CT molecular complexity index is 852. The van der Waals surface area contributed by atoms with Gasteiger partial charge in [-0.1, -0.05) is 65.8 Å². The third-order valence-electron chi connectivity index (χ3n) is 6.10. The van der Waals surface area contributed by atoms with Crippen LogP contribution >= 0.6 is 0 Å². The molecule has 0 aliphatic carbocycles. The van der Waals surface area contributed by atoms with Crippen molar-refractivity contribution in [1.82, 2.24) is 0 Å². The van der Waals surface area contributed by atoms with Crippen molar-refractivity contribution in [3.05, 3.63) is 47.0 Å². The van der Waals surface area contributed by atoms with Gasteiger partial charge in [0.1, 0.15) is 11.5 Å². The lowest BCUT2D eigenvalue weighted by Crippen LogP contribution is -2.44. The number of methoxy groups -OCH3 is 1. The zero-order chi connectivity index (χ0) is 21.5. The number of aryl methyl sites for hydroxylation is 1. The fourth-order valence-electron chi connectivity index (χ4n) is 3.19. The van der Waals surface area contributed by atoms with Gasteiger partial charge in [-0.3, -0.25) is 0 Å². The summed E-state index contributed by atoms with van der Waals surface area (Å²) in [5.41, 5.74) is 5.93. The van der Waals surface area contributed by atoms with Gasteiger partial charge in [0.05, 0.1) is 7.11 Å². The van der Waals surface area contributed by atoms with E-state index in [0.717, 1.165) is 17.1 Å². The van der Waals surface area contributed by atoms with Crippen LogP contribution in [0.2, 0.25) is 18.1 Å². The van der Waals surface area contributed by atoms with Crippen molar-refractivity contribution in [3.8, 4) is 22.6 Å². The van der Waals surface area contributed by atoms with E-state index in [-0.39, 0.29) is 10.5 Å². The average Bonchev–Trinajstić information content (AvgIpc) is 2.54. The smallest absolute Gasteiger partial charge is 0.250 e. The predicted octanol–water partition coefficient (Wildman–Crippen LogP) is 7.66. The van der Waals surface area contributed by atoms with Gasteiger partial charge >= 0.3 is 0 Å². The molecule has 0 amide bonds. The monoisotopic (exact) mass is 398 g/mol. The quantitative estimate of drug-likeness (QED) is 0.492. The van der Waals surface area contributed by atoms with E-state index in [1.807, 2.05) is 0 Å². The summed E-state index contributed by atoms with van der Waals surface area (Å²) in [5.74, 6) is 1.96. The van der Waals surface area contributed by atoms with Crippen molar-refractivity contribution in [2.75, 3.05) is 7.11 Å². The highest BCUT2D eigenvalue weighted by molar-refractivity contribution is 6.74. The normalized spacial score (nSPS) is 12.8. The van der Waals surface area contributed by atoms with Crippen LogP contribution in [0.4, 0.5) is 0 Å². The molecule has 2 nitrogen and oxygen atoms in total. The van der Waals surface area contributed by atoms with Crippen LogP contribution in [0.5, 0.6) is 11.5 Å². The van der Waals surface area contributed by atoms with Gasteiger partial charge in [-0.05, 0) is 54.6 Å². The molecule has 0 aliphatic rings. The SMILES string of the molecule is COc1cc(C(C)(C)C)c(O[Si](C)(C)C(C)(C)C)c(-c2ccccc2C)c1C. The lowest BCUT2D eigenvalue weighted by atomic mass is 9.82. The zero-order valence-electron chi connectivity index (χ0n) is 19.7. The fraction of sp³-hybridized carbons (Fsp3) is 0.520. The number of hydrogen-bond acceptors (Lipinski definition) is 2. The molecule has 28 heavy (non-hydrogen) atoms. The van der Waals surface area contributed by atoms with Crippen LogP contribution in [-0.2, 0) is 5.41 Å². The van der Waals surface area contributed by atoms with Crippen molar-refractivity contribution >= 4 is 8.32 Å². The summed E-state index contributed by atoms with van der Waals surface area (Å²) in [6.07, 6.45) is 0. The first-order valence-corrected chi connectivity index (χ1v) is 13.1. The van der Waals surface area contributed by atoms with Crippen LogP contribution in [-0.4, -0.2) is 15.4 Å². The second-order valence-corrected chi connectivity index (χ2v) is 15.1. The van der Waals surface area contributed by atoms with Gasteiger partial charge in [0, 0.05) is 16.7 Å². The lowest BCUT2D eigenvalue weighted by Gasteiger charge is -2.39. The molecule has 0 atom stereocenters. The molecule has 0 N–H and O–H groups in total. The molecule has 2 aromatic carbocycles. The molecule has 0 saturated carbocycles. The number of hydrogen-bond donors (Lipinski definition) is 0. The highest BCUT2D eigenvalue weighted by Crippen LogP contribution is 2.49. The fourth-order valence-corrected chi connectivity index (χ4v) is 4.22. The number of ether oxygens (including phenoxy) is 1. The Labute approximate surface area is 173 Å². The van der Waals surface area contributed by atoms with E-state index in [9.17, 15) is 0 Å². The van der Waals surface area contributed by atoms with Crippen LogP contribution in [0.3, 0.4) is 0 Å². The Morgan fingerprint density at radius 3 is 1.93 bits per heavy atom. The van der Waals surface area contributed by atoms with Gasteiger partial charge in [-0.25, -0.2) is 0 Å². The molecule has 0 heterocycles. The second kappa shape index (κ2) is 7.59. The molecule has 3 heteroatoms. The summed E-state index contributed by atoms with van der Waals surface area (Å²) in [6.45, 7) is 22.6. The van der Waals surface area contributed by atoms with E-state index in [1.165, 1.54) is 22.3 Å². The first-order chi connectivity index (χ1) is 12.7. The Hall–Kier alpha value is -1.74.